The van der Waals surface area contributed by atoms with E-state index in [0.29, 0.717) is 40.3 Å². The van der Waals surface area contributed by atoms with Gasteiger partial charge in [0.25, 0.3) is 0 Å². The average molecular weight is 502 g/mol. The van der Waals surface area contributed by atoms with Crippen LogP contribution in [-0.2, 0) is 17.5 Å². The van der Waals surface area contributed by atoms with E-state index in [-0.39, 0.29) is 5.52 Å². The van der Waals surface area contributed by atoms with Gasteiger partial charge in [-0.2, -0.15) is 18.3 Å². The van der Waals surface area contributed by atoms with Gasteiger partial charge in [0.2, 0.25) is 0 Å². The number of alkyl halides is 3. The number of hydrogen-bond donors (Lipinski definition) is 0. The quantitative estimate of drug-likeness (QED) is 0.228. The van der Waals surface area contributed by atoms with E-state index in [2.05, 4.69) is 5.10 Å². The van der Waals surface area contributed by atoms with Gasteiger partial charge in [-0.1, -0.05) is 48.5 Å². The van der Waals surface area contributed by atoms with Gasteiger partial charge in [-0.25, -0.2) is 4.79 Å². The zero-order chi connectivity index (χ0) is 26.0. The molecule has 0 bridgehead atoms. The molecular weight excluding hydrogens is 481 g/mol. The first kappa shape index (κ1) is 24.1. The molecule has 0 aliphatic heterocycles. The zero-order valence-electron chi connectivity index (χ0n) is 19.7. The van der Waals surface area contributed by atoms with E-state index in [9.17, 15) is 18.0 Å². The SMILES string of the molecule is COC(=O)c1cccc(Oc2ccc(-c3c4cccc(C(F)(F)F)c4nn3Cc3ccccc3)cc2)c1. The minimum Gasteiger partial charge on any atom is -0.465 e. The molecule has 1 heterocycles. The molecule has 0 amide bonds. The van der Waals surface area contributed by atoms with Crippen molar-refractivity contribution in [3.8, 4) is 22.8 Å². The maximum absolute atomic E-state index is 13.8. The van der Waals surface area contributed by atoms with Gasteiger partial charge in [0.05, 0.1) is 30.5 Å². The molecule has 37 heavy (non-hydrogen) atoms. The van der Waals surface area contributed by atoms with Gasteiger partial charge in [0, 0.05) is 10.9 Å². The number of methoxy groups -OCH3 is 1. The summed E-state index contributed by atoms with van der Waals surface area (Å²) in [5.74, 6) is 0.475. The lowest BCUT2D eigenvalue weighted by Gasteiger charge is -2.11. The fourth-order valence-electron chi connectivity index (χ4n) is 4.18. The summed E-state index contributed by atoms with van der Waals surface area (Å²) in [4.78, 5) is 11.8. The van der Waals surface area contributed by atoms with E-state index >= 15 is 0 Å². The summed E-state index contributed by atoms with van der Waals surface area (Å²) >= 11 is 0. The molecule has 0 saturated carbocycles. The van der Waals surface area contributed by atoms with E-state index in [1.54, 1.807) is 59.3 Å². The van der Waals surface area contributed by atoms with Crippen LogP contribution in [0.5, 0.6) is 11.5 Å². The summed E-state index contributed by atoms with van der Waals surface area (Å²) in [6, 6.07) is 27.1. The first-order valence-electron chi connectivity index (χ1n) is 11.4. The second-order valence-electron chi connectivity index (χ2n) is 8.34. The molecule has 0 N–H and O–H groups in total. The summed E-state index contributed by atoms with van der Waals surface area (Å²) in [6.45, 7) is 0.306. The van der Waals surface area contributed by atoms with Gasteiger partial charge in [-0.3, -0.25) is 4.68 Å². The van der Waals surface area contributed by atoms with Gasteiger partial charge >= 0.3 is 12.1 Å². The van der Waals surface area contributed by atoms with Crippen LogP contribution in [0.15, 0.2) is 97.1 Å². The maximum atomic E-state index is 13.8. The number of ether oxygens (including phenoxy) is 2. The molecule has 4 aromatic carbocycles. The molecule has 0 atom stereocenters. The monoisotopic (exact) mass is 502 g/mol. The molecule has 186 valence electrons. The van der Waals surface area contributed by atoms with Crippen LogP contribution in [0.4, 0.5) is 13.2 Å². The highest BCUT2D eigenvalue weighted by atomic mass is 19.4. The van der Waals surface area contributed by atoms with Crippen molar-refractivity contribution in [2.45, 2.75) is 12.7 Å². The second-order valence-corrected chi connectivity index (χ2v) is 8.34. The molecule has 5 aromatic rings. The fraction of sp³-hybridized carbons (Fsp3) is 0.103. The molecule has 0 radical (unpaired) electrons. The van der Waals surface area contributed by atoms with Gasteiger partial charge in [-0.05, 0) is 54.1 Å². The molecular formula is C29H21F3N2O3. The van der Waals surface area contributed by atoms with Crippen LogP contribution in [0.25, 0.3) is 22.2 Å². The first-order chi connectivity index (χ1) is 17.8. The Morgan fingerprint density at radius 2 is 1.59 bits per heavy atom. The molecule has 5 nitrogen and oxygen atoms in total. The number of aromatic nitrogens is 2. The Morgan fingerprint density at radius 3 is 2.30 bits per heavy atom. The average Bonchev–Trinajstić information content (AvgIpc) is 3.26. The van der Waals surface area contributed by atoms with Gasteiger partial charge < -0.3 is 9.47 Å². The summed E-state index contributed by atoms with van der Waals surface area (Å²) in [5.41, 5.74) is 1.66. The predicted octanol–water partition coefficient (Wildman–Crippen LogP) is 7.35. The van der Waals surface area contributed by atoms with Crippen LogP contribution < -0.4 is 4.74 Å². The lowest BCUT2D eigenvalue weighted by molar-refractivity contribution is -0.136. The number of carbonyl (C=O) groups excluding carboxylic acids is 1. The van der Waals surface area contributed by atoms with Crippen molar-refractivity contribution in [2.24, 2.45) is 0 Å². The molecule has 0 aliphatic rings. The number of hydrogen-bond acceptors (Lipinski definition) is 4. The first-order valence-corrected chi connectivity index (χ1v) is 11.4. The number of halogens is 3. The highest BCUT2D eigenvalue weighted by Crippen LogP contribution is 2.38. The van der Waals surface area contributed by atoms with E-state index in [1.165, 1.54) is 13.2 Å². The van der Waals surface area contributed by atoms with Crippen molar-refractivity contribution in [3.05, 3.63) is 114 Å². The van der Waals surface area contributed by atoms with Crippen LogP contribution in [0.1, 0.15) is 21.5 Å². The molecule has 0 aliphatic carbocycles. The highest BCUT2D eigenvalue weighted by Gasteiger charge is 2.34. The van der Waals surface area contributed by atoms with E-state index < -0.39 is 17.7 Å². The molecule has 0 unspecified atom stereocenters. The van der Waals surface area contributed by atoms with Crippen molar-refractivity contribution in [1.82, 2.24) is 9.78 Å². The number of benzene rings is 4. The van der Waals surface area contributed by atoms with E-state index in [1.807, 2.05) is 30.3 Å². The van der Waals surface area contributed by atoms with Gasteiger partial charge in [0.1, 0.15) is 17.0 Å². The van der Waals surface area contributed by atoms with Gasteiger partial charge in [0.15, 0.2) is 0 Å². The molecule has 5 rings (SSSR count). The van der Waals surface area contributed by atoms with E-state index in [0.717, 1.165) is 11.6 Å². The van der Waals surface area contributed by atoms with Crippen LogP contribution in [0.2, 0.25) is 0 Å². The largest absolute Gasteiger partial charge is 0.465 e. The molecule has 0 saturated heterocycles. The minimum absolute atomic E-state index is 0.0964. The Morgan fingerprint density at radius 1 is 0.865 bits per heavy atom. The van der Waals surface area contributed by atoms with Crippen LogP contribution in [0.3, 0.4) is 0 Å². The molecule has 0 fully saturated rings. The Kier molecular flexibility index (Phi) is 6.40. The number of carbonyl (C=O) groups is 1. The maximum Gasteiger partial charge on any atom is 0.418 e. The second kappa shape index (κ2) is 9.81. The smallest absolute Gasteiger partial charge is 0.418 e. The lowest BCUT2D eigenvalue weighted by atomic mass is 10.0. The van der Waals surface area contributed by atoms with Crippen LogP contribution in [0, 0.1) is 0 Å². The summed E-state index contributed by atoms with van der Waals surface area (Å²) in [5, 5.41) is 4.80. The third-order valence-electron chi connectivity index (χ3n) is 5.87. The van der Waals surface area contributed by atoms with Crippen LogP contribution >= 0.6 is 0 Å². The summed E-state index contributed by atoms with van der Waals surface area (Å²) in [7, 11) is 1.30. The van der Waals surface area contributed by atoms with Crippen molar-refractivity contribution >= 4 is 16.9 Å². The number of esters is 1. The van der Waals surface area contributed by atoms with E-state index in [4.69, 9.17) is 9.47 Å². The fourth-order valence-corrected chi connectivity index (χ4v) is 4.18. The number of nitrogens with zero attached hydrogens (tertiary/aromatic N) is 2. The predicted molar refractivity (Wildman–Crippen MR) is 134 cm³/mol. The van der Waals surface area contributed by atoms with Crippen LogP contribution in [-0.4, -0.2) is 22.9 Å². The van der Waals surface area contributed by atoms with Crippen molar-refractivity contribution in [1.29, 1.82) is 0 Å². The van der Waals surface area contributed by atoms with Crippen molar-refractivity contribution in [2.75, 3.05) is 7.11 Å². The highest BCUT2D eigenvalue weighted by molar-refractivity contribution is 5.95. The van der Waals surface area contributed by atoms with Gasteiger partial charge in [-0.15, -0.1) is 0 Å². The lowest BCUT2D eigenvalue weighted by Crippen LogP contribution is -2.06. The third-order valence-corrected chi connectivity index (χ3v) is 5.87. The standard InChI is InChI=1S/C29H21F3N2O3/c1-36-28(35)21-9-5-10-23(17-21)37-22-15-13-20(14-16-22)27-24-11-6-12-25(29(30,31)32)26(24)33-34(27)18-19-7-3-2-4-8-19/h2-17H,18H2,1H3. The topological polar surface area (TPSA) is 53.4 Å². The summed E-state index contributed by atoms with van der Waals surface area (Å²) in [6.07, 6.45) is -4.53. The van der Waals surface area contributed by atoms with Crippen molar-refractivity contribution in [3.63, 3.8) is 0 Å². The molecule has 8 heteroatoms. The normalized spacial score (nSPS) is 11.5. The Balaban J connectivity index is 1.54. The Hall–Kier alpha value is -4.59. The Bertz CT molecular complexity index is 1560. The summed E-state index contributed by atoms with van der Waals surface area (Å²) < 4.78 is 53.5. The Labute approximate surface area is 210 Å². The number of fused-ring (bicyclic) bond motifs is 1. The molecule has 1 aromatic heterocycles. The zero-order valence-corrected chi connectivity index (χ0v) is 19.7. The third kappa shape index (κ3) is 5.04. The molecule has 0 spiro atoms. The van der Waals surface area contributed by atoms with Crippen molar-refractivity contribution < 1.29 is 27.4 Å². The minimum atomic E-state index is -4.53. The number of rotatable bonds is 6.